The van der Waals surface area contributed by atoms with E-state index in [1.54, 1.807) is 0 Å². The fourth-order valence-corrected chi connectivity index (χ4v) is 4.62. The Bertz CT molecular complexity index is 1490. The molecule has 0 bridgehead atoms. The number of fused-ring (bicyclic) bond motifs is 1. The number of aryl methyl sites for hydroxylation is 1. The summed E-state index contributed by atoms with van der Waals surface area (Å²) >= 11 is 6.15. The van der Waals surface area contributed by atoms with Crippen LogP contribution in [0.3, 0.4) is 0 Å². The van der Waals surface area contributed by atoms with E-state index in [2.05, 4.69) is 28.8 Å². The molecule has 5 rings (SSSR count). The number of nitrogens with one attached hydrogen (secondary N) is 1. The van der Waals surface area contributed by atoms with Gasteiger partial charge < -0.3 is 19.7 Å². The van der Waals surface area contributed by atoms with Gasteiger partial charge in [0.15, 0.2) is 11.5 Å². The number of anilines is 1. The molecule has 38 heavy (non-hydrogen) atoms. The molecule has 1 aliphatic rings. The summed E-state index contributed by atoms with van der Waals surface area (Å²) in [5, 5.41) is 13.9. The van der Waals surface area contributed by atoms with Crippen molar-refractivity contribution >= 4 is 34.6 Å². The number of aromatic carboxylic acids is 1. The average molecular weight is 532 g/mol. The van der Waals surface area contributed by atoms with Gasteiger partial charge in [0.25, 0.3) is 0 Å². The van der Waals surface area contributed by atoms with Crippen LogP contribution in [0.5, 0.6) is 5.75 Å². The van der Waals surface area contributed by atoms with Gasteiger partial charge in [-0.05, 0) is 68.9 Å². The van der Waals surface area contributed by atoms with E-state index in [0.717, 1.165) is 29.5 Å². The molecule has 9 heteroatoms. The van der Waals surface area contributed by atoms with Crippen LogP contribution in [0, 0.1) is 12.8 Å². The number of rotatable bonds is 11. The molecular weight excluding hydrogens is 502 g/mol. The Labute approximate surface area is 226 Å². The molecule has 0 radical (unpaired) electrons. The summed E-state index contributed by atoms with van der Waals surface area (Å²) in [6.07, 6.45) is 4.79. The van der Waals surface area contributed by atoms with Crippen LogP contribution in [-0.2, 0) is 6.54 Å². The summed E-state index contributed by atoms with van der Waals surface area (Å²) in [5.74, 6) is 0.788. The molecule has 1 unspecified atom stereocenters. The topological polar surface area (TPSA) is 102 Å². The Kier molecular flexibility index (Phi) is 7.33. The number of ether oxygens (including phenoxy) is 1. The Morgan fingerprint density at radius 2 is 2.00 bits per heavy atom. The first-order chi connectivity index (χ1) is 18.3. The summed E-state index contributed by atoms with van der Waals surface area (Å²) in [6, 6.07) is 13.7. The predicted molar refractivity (Wildman–Crippen MR) is 149 cm³/mol. The van der Waals surface area contributed by atoms with Crippen molar-refractivity contribution in [3.05, 3.63) is 77.1 Å². The van der Waals surface area contributed by atoms with Crippen LogP contribution < -0.4 is 10.1 Å². The van der Waals surface area contributed by atoms with Gasteiger partial charge in [0.1, 0.15) is 17.1 Å². The standard InChI is InChI=1S/C29H30ClN5O3/c1-4-5-14-38-23-13-6-17(2)15-22(23)28-34-26-24(35(28)16-19-7-11-21(30)12-8-19)25(31-18(3)20-9-10-20)32-27(33-26)29(36)37/h4,6-8,11-13,15,18,20H,1,5,9-10,14,16H2,2-3H3,(H,36,37)(H,31,32,33). The molecule has 0 saturated heterocycles. The molecule has 196 valence electrons. The highest BCUT2D eigenvalue weighted by molar-refractivity contribution is 6.30. The number of hydrogen-bond acceptors (Lipinski definition) is 6. The Hall–Kier alpha value is -3.91. The van der Waals surface area contributed by atoms with Crippen molar-refractivity contribution in [1.29, 1.82) is 0 Å². The fourth-order valence-electron chi connectivity index (χ4n) is 4.49. The van der Waals surface area contributed by atoms with Gasteiger partial charge in [-0.25, -0.2) is 19.7 Å². The summed E-state index contributed by atoms with van der Waals surface area (Å²) in [7, 11) is 0. The zero-order valence-electron chi connectivity index (χ0n) is 21.4. The summed E-state index contributed by atoms with van der Waals surface area (Å²) in [5.41, 5.74) is 3.79. The number of halogens is 1. The highest BCUT2D eigenvalue weighted by atomic mass is 35.5. The zero-order chi connectivity index (χ0) is 26.8. The Morgan fingerprint density at radius 1 is 1.24 bits per heavy atom. The molecule has 2 N–H and O–H groups in total. The van der Waals surface area contributed by atoms with E-state index < -0.39 is 5.97 Å². The SMILES string of the molecule is C=CCCOc1ccc(C)cc1-c1nc2nc(C(=O)O)nc(NC(C)C3CC3)c2n1Cc1ccc(Cl)cc1. The van der Waals surface area contributed by atoms with Gasteiger partial charge >= 0.3 is 5.97 Å². The second-order valence-corrected chi connectivity index (χ2v) is 10.2. The summed E-state index contributed by atoms with van der Waals surface area (Å²) in [6.45, 7) is 8.81. The minimum atomic E-state index is -1.20. The molecule has 0 aliphatic heterocycles. The molecule has 0 spiro atoms. The van der Waals surface area contributed by atoms with Gasteiger partial charge in [0, 0.05) is 17.6 Å². The van der Waals surface area contributed by atoms with E-state index in [1.165, 1.54) is 0 Å². The number of carbonyl (C=O) groups is 1. The molecule has 1 fully saturated rings. The van der Waals surface area contributed by atoms with Gasteiger partial charge in [-0.1, -0.05) is 41.4 Å². The van der Waals surface area contributed by atoms with Crippen LogP contribution in [-0.4, -0.2) is 43.2 Å². The van der Waals surface area contributed by atoms with E-state index in [-0.39, 0.29) is 11.9 Å². The molecule has 1 aliphatic carbocycles. The molecule has 0 amide bonds. The smallest absolute Gasteiger partial charge is 0.374 e. The predicted octanol–water partition coefficient (Wildman–Crippen LogP) is 6.37. The van der Waals surface area contributed by atoms with Crippen molar-refractivity contribution in [3.8, 4) is 17.1 Å². The van der Waals surface area contributed by atoms with Crippen molar-refractivity contribution in [2.75, 3.05) is 11.9 Å². The second-order valence-electron chi connectivity index (χ2n) is 9.72. The molecular formula is C29H30ClN5O3. The van der Waals surface area contributed by atoms with Gasteiger partial charge in [0.05, 0.1) is 12.2 Å². The largest absolute Gasteiger partial charge is 0.493 e. The molecule has 4 aromatic rings. The zero-order valence-corrected chi connectivity index (χ0v) is 22.2. The number of aromatic nitrogens is 4. The van der Waals surface area contributed by atoms with E-state index in [0.29, 0.717) is 59.1 Å². The van der Waals surface area contributed by atoms with Crippen molar-refractivity contribution in [1.82, 2.24) is 19.5 Å². The van der Waals surface area contributed by atoms with E-state index >= 15 is 0 Å². The lowest BCUT2D eigenvalue weighted by atomic mass is 10.1. The number of carboxylic acid groups (broad SMARTS) is 1. The first-order valence-corrected chi connectivity index (χ1v) is 13.1. The number of hydrogen-bond donors (Lipinski definition) is 2. The summed E-state index contributed by atoms with van der Waals surface area (Å²) < 4.78 is 8.14. The molecule has 1 atom stereocenters. The lowest BCUT2D eigenvalue weighted by Gasteiger charge is -2.17. The van der Waals surface area contributed by atoms with Crippen LogP contribution >= 0.6 is 11.6 Å². The molecule has 8 nitrogen and oxygen atoms in total. The van der Waals surface area contributed by atoms with Gasteiger partial charge in [0.2, 0.25) is 5.82 Å². The van der Waals surface area contributed by atoms with Crippen molar-refractivity contribution in [3.63, 3.8) is 0 Å². The lowest BCUT2D eigenvalue weighted by molar-refractivity contribution is 0.0684. The van der Waals surface area contributed by atoms with Gasteiger partial charge in [-0.15, -0.1) is 6.58 Å². The van der Waals surface area contributed by atoms with Crippen LogP contribution in [0.2, 0.25) is 5.02 Å². The second kappa shape index (κ2) is 10.8. The maximum atomic E-state index is 11.9. The Morgan fingerprint density at radius 3 is 2.68 bits per heavy atom. The highest BCUT2D eigenvalue weighted by Gasteiger charge is 2.30. The van der Waals surface area contributed by atoms with Gasteiger partial charge in [-0.3, -0.25) is 0 Å². The average Bonchev–Trinajstić information content (AvgIpc) is 3.68. The Balaban J connectivity index is 1.73. The normalized spacial score (nSPS) is 13.9. The maximum absolute atomic E-state index is 11.9. The van der Waals surface area contributed by atoms with Gasteiger partial charge in [-0.2, -0.15) is 0 Å². The maximum Gasteiger partial charge on any atom is 0.374 e. The number of benzene rings is 2. The third-order valence-electron chi connectivity index (χ3n) is 6.70. The van der Waals surface area contributed by atoms with Crippen LogP contribution in [0.1, 0.15) is 47.9 Å². The fraction of sp³-hybridized carbons (Fsp3) is 0.310. The number of nitrogens with zero attached hydrogens (tertiary/aromatic N) is 4. The lowest BCUT2D eigenvalue weighted by Crippen LogP contribution is -2.20. The van der Waals surface area contributed by atoms with Crippen LogP contribution in [0.25, 0.3) is 22.6 Å². The quantitative estimate of drug-likeness (QED) is 0.171. The third-order valence-corrected chi connectivity index (χ3v) is 6.95. The van der Waals surface area contributed by atoms with E-state index in [1.807, 2.05) is 60.0 Å². The van der Waals surface area contributed by atoms with E-state index in [4.69, 9.17) is 21.3 Å². The monoisotopic (exact) mass is 531 g/mol. The molecule has 2 aromatic carbocycles. The minimum Gasteiger partial charge on any atom is -0.493 e. The summed E-state index contributed by atoms with van der Waals surface area (Å²) in [4.78, 5) is 25.6. The number of imidazole rings is 1. The van der Waals surface area contributed by atoms with Crippen molar-refractivity contribution in [2.24, 2.45) is 5.92 Å². The van der Waals surface area contributed by atoms with Crippen LogP contribution in [0.4, 0.5) is 5.82 Å². The number of carboxylic acids is 1. The minimum absolute atomic E-state index is 0.133. The van der Waals surface area contributed by atoms with Crippen LogP contribution in [0.15, 0.2) is 55.1 Å². The molecule has 2 aromatic heterocycles. The van der Waals surface area contributed by atoms with E-state index in [9.17, 15) is 9.90 Å². The first-order valence-electron chi connectivity index (χ1n) is 12.7. The molecule has 1 saturated carbocycles. The third kappa shape index (κ3) is 5.50. The first kappa shape index (κ1) is 25.7. The van der Waals surface area contributed by atoms with Crippen molar-refractivity contribution in [2.45, 2.75) is 45.7 Å². The highest BCUT2D eigenvalue weighted by Crippen LogP contribution is 2.37. The van der Waals surface area contributed by atoms with Crippen molar-refractivity contribution < 1.29 is 14.6 Å². The molecule has 2 heterocycles.